The van der Waals surface area contributed by atoms with Crippen LogP contribution in [0.1, 0.15) is 38.5 Å². The van der Waals surface area contributed by atoms with Gasteiger partial charge in [-0.05, 0) is 56.3 Å². The molecular weight excluding hydrogens is 250 g/mol. The third-order valence-corrected chi connectivity index (χ3v) is 5.28. The van der Waals surface area contributed by atoms with Crippen molar-refractivity contribution in [2.75, 3.05) is 13.1 Å². The highest BCUT2D eigenvalue weighted by Gasteiger charge is 2.53. The Balaban J connectivity index is 0.000001000. The van der Waals surface area contributed by atoms with Crippen molar-refractivity contribution < 1.29 is 9.53 Å². The molecule has 4 aliphatic carbocycles. The number of halogens is 1. The summed E-state index contributed by atoms with van der Waals surface area (Å²) in [6.07, 6.45) is 8.67. The molecule has 1 aliphatic heterocycles. The van der Waals surface area contributed by atoms with Gasteiger partial charge >= 0.3 is 0 Å². The molecule has 4 bridgehead atoms. The molecule has 1 N–H and O–H groups in total. The summed E-state index contributed by atoms with van der Waals surface area (Å²) in [5.41, 5.74) is 0.506. The molecule has 4 saturated carbocycles. The summed E-state index contributed by atoms with van der Waals surface area (Å²) in [5, 5.41) is 11.5. The highest BCUT2D eigenvalue weighted by Crippen LogP contribution is 2.60. The Labute approximate surface area is 114 Å². The van der Waals surface area contributed by atoms with Gasteiger partial charge < -0.3 is 0 Å². The molecule has 0 atom stereocenters. The first kappa shape index (κ1) is 12.4. The van der Waals surface area contributed by atoms with Crippen LogP contribution < -0.4 is 0 Å². The Hall–Kier alpha value is -0.640. The minimum Gasteiger partial charge on any atom is -0.285 e. The molecule has 0 saturated heterocycles. The van der Waals surface area contributed by atoms with Crippen LogP contribution in [0.5, 0.6) is 0 Å². The molecule has 4 nitrogen and oxygen atoms in total. The van der Waals surface area contributed by atoms with Crippen LogP contribution in [0.15, 0.2) is 5.28 Å². The van der Waals surface area contributed by atoms with Crippen LogP contribution in [0.3, 0.4) is 0 Å². The zero-order chi connectivity index (χ0) is 11.5. The lowest BCUT2D eigenvalue weighted by Crippen LogP contribution is -2.49. The molecule has 0 unspecified atom stereocenters. The molecule has 0 radical (unpaired) electrons. The molecule has 4 fully saturated rings. The lowest BCUT2D eigenvalue weighted by molar-refractivity contribution is -0.601. The molecule has 0 aromatic heterocycles. The van der Waals surface area contributed by atoms with Gasteiger partial charge in [-0.15, -0.1) is 12.4 Å². The quantitative estimate of drug-likeness (QED) is 0.771. The van der Waals surface area contributed by atoms with Crippen molar-refractivity contribution in [1.29, 1.82) is 5.41 Å². The van der Waals surface area contributed by atoms with Gasteiger partial charge in [-0.3, -0.25) is 10.2 Å². The Bertz CT molecular complexity index is 372. The van der Waals surface area contributed by atoms with Crippen molar-refractivity contribution >= 4 is 18.3 Å². The second kappa shape index (κ2) is 4.19. The van der Waals surface area contributed by atoms with Gasteiger partial charge in [0.05, 0.1) is 0 Å². The fourth-order valence-electron chi connectivity index (χ4n) is 5.29. The standard InChI is InChI=1S/C13H20N3O.ClH/c14-12-7-16(15-17-12)8-13-4-9-1-10(5-13)3-11(2-9)6-13;/h9-11,14H,1-8H2;1H/q+1;. The Morgan fingerprint density at radius 3 is 2.17 bits per heavy atom. The Kier molecular flexibility index (Phi) is 2.88. The molecule has 0 aromatic rings. The van der Waals surface area contributed by atoms with E-state index in [0.29, 0.717) is 17.9 Å². The zero-order valence-corrected chi connectivity index (χ0v) is 11.4. The Morgan fingerprint density at radius 1 is 1.17 bits per heavy atom. The first-order chi connectivity index (χ1) is 8.21. The first-order valence-electron chi connectivity index (χ1n) is 6.91. The molecule has 0 aromatic carbocycles. The van der Waals surface area contributed by atoms with Crippen molar-refractivity contribution in [3.8, 4) is 0 Å². The van der Waals surface area contributed by atoms with Crippen LogP contribution in [0.2, 0.25) is 0 Å². The van der Waals surface area contributed by atoms with Crippen LogP contribution in [0.4, 0.5) is 0 Å². The SMILES string of the molecule is Cl.N=C1C[N+](CC23CC4CC(CC(C4)C2)C3)=NO1. The number of hydrogen-bond donors (Lipinski definition) is 1. The molecule has 5 aliphatic rings. The van der Waals surface area contributed by atoms with Gasteiger partial charge in [0.15, 0.2) is 11.8 Å². The van der Waals surface area contributed by atoms with Crippen molar-refractivity contribution in [1.82, 2.24) is 0 Å². The topological polar surface area (TPSA) is 48.5 Å². The van der Waals surface area contributed by atoms with Gasteiger partial charge in [-0.2, -0.15) is 0 Å². The highest BCUT2D eigenvalue weighted by molar-refractivity contribution is 5.85. The molecule has 0 spiro atoms. The van der Waals surface area contributed by atoms with Crippen molar-refractivity contribution in [3.63, 3.8) is 0 Å². The third kappa shape index (κ3) is 1.94. The fraction of sp³-hybridized carbons (Fsp3) is 0.923. The first-order valence-corrected chi connectivity index (χ1v) is 6.91. The van der Waals surface area contributed by atoms with Crippen LogP contribution in [0.25, 0.3) is 0 Å². The van der Waals surface area contributed by atoms with Crippen molar-refractivity contribution in [2.24, 2.45) is 28.4 Å². The van der Waals surface area contributed by atoms with Crippen molar-refractivity contribution in [2.45, 2.75) is 38.5 Å². The van der Waals surface area contributed by atoms with Gasteiger partial charge in [0.2, 0.25) is 6.54 Å². The molecule has 5 heteroatoms. The molecule has 18 heavy (non-hydrogen) atoms. The van der Waals surface area contributed by atoms with Crippen molar-refractivity contribution in [3.05, 3.63) is 0 Å². The number of rotatable bonds is 2. The maximum absolute atomic E-state index is 7.46. The van der Waals surface area contributed by atoms with E-state index < -0.39 is 0 Å². The predicted molar refractivity (Wildman–Crippen MR) is 69.1 cm³/mol. The summed E-state index contributed by atoms with van der Waals surface area (Å²) < 4.78 is 1.98. The second-order valence-corrected chi connectivity index (χ2v) is 6.84. The summed E-state index contributed by atoms with van der Waals surface area (Å²) in [6, 6.07) is 0. The van der Waals surface area contributed by atoms with E-state index in [4.69, 9.17) is 10.2 Å². The lowest BCUT2D eigenvalue weighted by Gasteiger charge is -2.55. The van der Waals surface area contributed by atoms with E-state index in [2.05, 4.69) is 5.28 Å². The maximum Gasteiger partial charge on any atom is 0.291 e. The smallest absolute Gasteiger partial charge is 0.285 e. The molecule has 5 rings (SSSR count). The van der Waals surface area contributed by atoms with Gasteiger partial charge in [-0.1, -0.05) is 4.70 Å². The fourth-order valence-corrected chi connectivity index (χ4v) is 5.29. The van der Waals surface area contributed by atoms with Crippen LogP contribution in [-0.4, -0.2) is 23.7 Å². The van der Waals surface area contributed by atoms with Crippen LogP contribution in [-0.2, 0) is 4.84 Å². The van der Waals surface area contributed by atoms with E-state index in [1.54, 1.807) is 0 Å². The number of nitrogens with one attached hydrogen (secondary N) is 1. The molecule has 1 heterocycles. The second-order valence-electron chi connectivity index (χ2n) is 6.84. The highest BCUT2D eigenvalue weighted by atomic mass is 35.5. The maximum atomic E-state index is 7.46. The summed E-state index contributed by atoms with van der Waals surface area (Å²) in [6.45, 7) is 1.61. The van der Waals surface area contributed by atoms with Gasteiger partial charge in [0.25, 0.3) is 5.90 Å². The third-order valence-electron chi connectivity index (χ3n) is 5.28. The Morgan fingerprint density at radius 2 is 1.72 bits per heavy atom. The van der Waals surface area contributed by atoms with Crippen LogP contribution in [0, 0.1) is 28.6 Å². The van der Waals surface area contributed by atoms with E-state index in [1.807, 2.05) is 4.70 Å². The van der Waals surface area contributed by atoms with Gasteiger partial charge in [0.1, 0.15) is 0 Å². The summed E-state index contributed by atoms with van der Waals surface area (Å²) in [5.74, 6) is 3.27. The summed E-state index contributed by atoms with van der Waals surface area (Å²) >= 11 is 0. The van der Waals surface area contributed by atoms with E-state index in [9.17, 15) is 0 Å². The van der Waals surface area contributed by atoms with E-state index in [0.717, 1.165) is 24.3 Å². The summed E-state index contributed by atoms with van der Waals surface area (Å²) in [4.78, 5) is 4.91. The minimum absolute atomic E-state index is 0. The van der Waals surface area contributed by atoms with Gasteiger partial charge in [0, 0.05) is 5.41 Å². The average Bonchev–Trinajstić information content (AvgIpc) is 2.60. The normalized spacial score (nSPS) is 44.6. The zero-order valence-electron chi connectivity index (χ0n) is 10.6. The number of nitrogens with zero attached hydrogens (tertiary/aromatic N) is 2. The lowest BCUT2D eigenvalue weighted by atomic mass is 9.49. The minimum atomic E-state index is 0. The van der Waals surface area contributed by atoms with E-state index >= 15 is 0 Å². The van der Waals surface area contributed by atoms with E-state index in [1.165, 1.54) is 38.5 Å². The summed E-state index contributed by atoms with van der Waals surface area (Å²) in [7, 11) is 0. The molecular formula is C13H21ClN3O+. The molecule has 0 amide bonds. The largest absolute Gasteiger partial charge is 0.291 e. The monoisotopic (exact) mass is 270 g/mol. The predicted octanol–water partition coefficient (Wildman–Crippen LogP) is 3.01. The van der Waals surface area contributed by atoms with Crippen LogP contribution >= 0.6 is 12.4 Å². The number of hydrogen-bond acceptors (Lipinski definition) is 3. The average molecular weight is 271 g/mol. The van der Waals surface area contributed by atoms with E-state index in [-0.39, 0.29) is 12.4 Å². The molecule has 100 valence electrons. The van der Waals surface area contributed by atoms with Gasteiger partial charge in [-0.25, -0.2) is 0 Å².